The van der Waals surface area contributed by atoms with Crippen LogP contribution < -0.4 is 11.5 Å². The van der Waals surface area contributed by atoms with Crippen molar-refractivity contribution in [2.24, 2.45) is 0 Å². The Hall–Kier alpha value is -2.56. The van der Waals surface area contributed by atoms with Gasteiger partial charge in [0.25, 0.3) is 0 Å². The number of carbonyl (C=O) groups is 1. The summed E-state index contributed by atoms with van der Waals surface area (Å²) in [7, 11) is 0. The minimum Gasteiger partial charge on any atom is -0.462 e. The first kappa shape index (κ1) is 12.9. The fourth-order valence-corrected chi connectivity index (χ4v) is 1.75. The molecule has 0 unspecified atom stereocenters. The summed E-state index contributed by atoms with van der Waals surface area (Å²) in [4.78, 5) is 15.4. The zero-order valence-electron chi connectivity index (χ0n) is 10.6. The SMILES string of the molecule is CCOC(=O)c1ccc(-c2cc(N)nc(N)c2)cc1. The molecule has 2 aromatic rings. The van der Waals surface area contributed by atoms with Gasteiger partial charge in [-0.25, -0.2) is 9.78 Å². The standard InChI is InChI=1S/C14H15N3O2/c1-2-19-14(18)10-5-3-9(4-6-10)11-7-12(15)17-13(16)8-11/h3-8H,2H2,1H3,(H4,15,16,17). The molecule has 0 bridgehead atoms. The van der Waals surface area contributed by atoms with Gasteiger partial charge in [0.2, 0.25) is 0 Å². The number of anilines is 2. The molecule has 0 saturated carbocycles. The summed E-state index contributed by atoms with van der Waals surface area (Å²) in [5.41, 5.74) is 13.6. The minimum absolute atomic E-state index is 0.331. The minimum atomic E-state index is -0.331. The van der Waals surface area contributed by atoms with Crippen molar-refractivity contribution in [3.05, 3.63) is 42.0 Å². The van der Waals surface area contributed by atoms with Crippen molar-refractivity contribution in [3.8, 4) is 11.1 Å². The number of esters is 1. The Balaban J connectivity index is 2.29. The van der Waals surface area contributed by atoms with Gasteiger partial charge in [0.05, 0.1) is 12.2 Å². The van der Waals surface area contributed by atoms with Crippen LogP contribution in [0.2, 0.25) is 0 Å². The Morgan fingerprint density at radius 2 is 1.68 bits per heavy atom. The largest absolute Gasteiger partial charge is 0.462 e. The molecular formula is C14H15N3O2. The summed E-state index contributed by atoms with van der Waals surface area (Å²) in [6.45, 7) is 2.13. The number of rotatable bonds is 3. The number of hydrogen-bond acceptors (Lipinski definition) is 5. The highest BCUT2D eigenvalue weighted by atomic mass is 16.5. The maximum atomic E-state index is 11.5. The van der Waals surface area contributed by atoms with E-state index in [4.69, 9.17) is 16.2 Å². The lowest BCUT2D eigenvalue weighted by molar-refractivity contribution is 0.0526. The third kappa shape index (κ3) is 3.01. The third-order valence-corrected chi connectivity index (χ3v) is 2.59. The fraction of sp³-hybridized carbons (Fsp3) is 0.143. The summed E-state index contributed by atoms with van der Waals surface area (Å²) in [6.07, 6.45) is 0. The zero-order chi connectivity index (χ0) is 13.8. The van der Waals surface area contributed by atoms with E-state index in [-0.39, 0.29) is 5.97 Å². The topological polar surface area (TPSA) is 91.2 Å². The van der Waals surface area contributed by atoms with Gasteiger partial charge < -0.3 is 16.2 Å². The molecule has 0 radical (unpaired) electrons. The average Bonchev–Trinajstić information content (AvgIpc) is 2.38. The van der Waals surface area contributed by atoms with Crippen molar-refractivity contribution in [2.75, 3.05) is 18.1 Å². The molecule has 0 spiro atoms. The monoisotopic (exact) mass is 257 g/mol. The molecule has 98 valence electrons. The van der Waals surface area contributed by atoms with Gasteiger partial charge in [0, 0.05) is 0 Å². The van der Waals surface area contributed by atoms with E-state index >= 15 is 0 Å². The van der Waals surface area contributed by atoms with Crippen molar-refractivity contribution in [3.63, 3.8) is 0 Å². The molecule has 2 rings (SSSR count). The molecule has 1 aromatic heterocycles. The normalized spacial score (nSPS) is 10.2. The van der Waals surface area contributed by atoms with Crippen molar-refractivity contribution in [1.82, 2.24) is 4.98 Å². The van der Waals surface area contributed by atoms with Gasteiger partial charge in [0.15, 0.2) is 0 Å². The highest BCUT2D eigenvalue weighted by molar-refractivity contribution is 5.90. The molecule has 5 nitrogen and oxygen atoms in total. The van der Waals surface area contributed by atoms with E-state index in [0.717, 1.165) is 11.1 Å². The third-order valence-electron chi connectivity index (χ3n) is 2.59. The second-order valence-corrected chi connectivity index (χ2v) is 4.00. The lowest BCUT2D eigenvalue weighted by Gasteiger charge is -2.06. The van der Waals surface area contributed by atoms with Crippen LogP contribution in [0.4, 0.5) is 11.6 Å². The van der Waals surface area contributed by atoms with Crippen LogP contribution in [0.25, 0.3) is 11.1 Å². The Labute approximate surface area is 111 Å². The van der Waals surface area contributed by atoms with Crippen LogP contribution in [-0.4, -0.2) is 17.6 Å². The van der Waals surface area contributed by atoms with Crippen LogP contribution in [0.1, 0.15) is 17.3 Å². The summed E-state index contributed by atoms with van der Waals surface area (Å²) in [6, 6.07) is 10.5. The summed E-state index contributed by atoms with van der Waals surface area (Å²) in [5.74, 6) is 0.400. The van der Waals surface area contributed by atoms with Crippen molar-refractivity contribution < 1.29 is 9.53 Å². The first-order valence-electron chi connectivity index (χ1n) is 5.90. The maximum absolute atomic E-state index is 11.5. The van der Waals surface area contributed by atoms with E-state index in [2.05, 4.69) is 4.98 Å². The number of hydrogen-bond donors (Lipinski definition) is 2. The molecule has 1 aromatic carbocycles. The first-order chi connectivity index (χ1) is 9.10. The predicted octanol–water partition coefficient (Wildman–Crippen LogP) is 2.09. The van der Waals surface area contributed by atoms with Crippen LogP contribution in [0, 0.1) is 0 Å². The summed E-state index contributed by atoms with van der Waals surface area (Å²) >= 11 is 0. The van der Waals surface area contributed by atoms with E-state index in [0.29, 0.717) is 23.8 Å². The molecular weight excluding hydrogens is 242 g/mol. The van der Waals surface area contributed by atoms with E-state index in [1.54, 1.807) is 31.2 Å². The first-order valence-corrected chi connectivity index (χ1v) is 5.90. The highest BCUT2D eigenvalue weighted by Gasteiger charge is 2.07. The summed E-state index contributed by atoms with van der Waals surface area (Å²) < 4.78 is 4.92. The molecule has 0 aliphatic heterocycles. The number of carbonyl (C=O) groups excluding carboxylic acids is 1. The molecule has 4 N–H and O–H groups in total. The van der Waals surface area contributed by atoms with Crippen LogP contribution in [0.5, 0.6) is 0 Å². The Bertz CT molecular complexity index is 574. The van der Waals surface area contributed by atoms with Gasteiger partial charge in [-0.2, -0.15) is 0 Å². The number of ether oxygens (including phenoxy) is 1. The van der Waals surface area contributed by atoms with Gasteiger partial charge in [0.1, 0.15) is 11.6 Å². The summed E-state index contributed by atoms with van der Waals surface area (Å²) in [5, 5.41) is 0. The zero-order valence-corrected chi connectivity index (χ0v) is 10.6. The number of aromatic nitrogens is 1. The fourth-order valence-electron chi connectivity index (χ4n) is 1.75. The second-order valence-electron chi connectivity index (χ2n) is 4.00. The molecule has 0 amide bonds. The lowest BCUT2D eigenvalue weighted by Crippen LogP contribution is -2.04. The van der Waals surface area contributed by atoms with Gasteiger partial charge in [-0.05, 0) is 42.3 Å². The number of nitrogens with zero attached hydrogens (tertiary/aromatic N) is 1. The van der Waals surface area contributed by atoms with Crippen LogP contribution in [0.3, 0.4) is 0 Å². The average molecular weight is 257 g/mol. The maximum Gasteiger partial charge on any atom is 0.338 e. The Morgan fingerprint density at radius 1 is 1.11 bits per heavy atom. The van der Waals surface area contributed by atoms with Crippen LogP contribution >= 0.6 is 0 Å². The van der Waals surface area contributed by atoms with Gasteiger partial charge in [-0.3, -0.25) is 0 Å². The van der Waals surface area contributed by atoms with E-state index in [1.165, 1.54) is 0 Å². The molecule has 0 saturated heterocycles. The number of pyridine rings is 1. The smallest absolute Gasteiger partial charge is 0.338 e. The predicted molar refractivity (Wildman–Crippen MR) is 74.5 cm³/mol. The number of nitrogen functional groups attached to an aromatic ring is 2. The molecule has 19 heavy (non-hydrogen) atoms. The lowest BCUT2D eigenvalue weighted by atomic mass is 10.0. The van der Waals surface area contributed by atoms with Crippen molar-refractivity contribution in [1.29, 1.82) is 0 Å². The van der Waals surface area contributed by atoms with E-state index in [9.17, 15) is 4.79 Å². The van der Waals surface area contributed by atoms with Crippen molar-refractivity contribution in [2.45, 2.75) is 6.92 Å². The Kier molecular flexibility index (Phi) is 3.66. The van der Waals surface area contributed by atoms with E-state index < -0.39 is 0 Å². The molecule has 0 atom stereocenters. The molecule has 0 fully saturated rings. The van der Waals surface area contributed by atoms with Crippen molar-refractivity contribution >= 4 is 17.6 Å². The van der Waals surface area contributed by atoms with Gasteiger partial charge >= 0.3 is 5.97 Å². The molecule has 5 heteroatoms. The van der Waals surface area contributed by atoms with E-state index in [1.807, 2.05) is 12.1 Å². The molecule has 0 aliphatic carbocycles. The Morgan fingerprint density at radius 3 is 2.21 bits per heavy atom. The quantitative estimate of drug-likeness (QED) is 0.821. The molecule has 0 aliphatic rings. The van der Waals surface area contributed by atoms with Gasteiger partial charge in [-0.1, -0.05) is 12.1 Å². The van der Waals surface area contributed by atoms with Crippen LogP contribution in [-0.2, 0) is 4.74 Å². The second kappa shape index (κ2) is 5.39. The van der Waals surface area contributed by atoms with Gasteiger partial charge in [-0.15, -0.1) is 0 Å². The highest BCUT2D eigenvalue weighted by Crippen LogP contribution is 2.23. The van der Waals surface area contributed by atoms with Crippen LogP contribution in [0.15, 0.2) is 36.4 Å². The number of benzene rings is 1. The molecule has 1 heterocycles. The number of nitrogens with two attached hydrogens (primary N) is 2.